The van der Waals surface area contributed by atoms with E-state index in [0.29, 0.717) is 0 Å². The van der Waals surface area contributed by atoms with E-state index >= 15 is 0 Å². The summed E-state index contributed by atoms with van der Waals surface area (Å²) in [4.78, 5) is 21.2. The van der Waals surface area contributed by atoms with Gasteiger partial charge in [0.25, 0.3) is 0 Å². The maximum Gasteiger partial charge on any atom is 0.331 e. The second-order valence-corrected chi connectivity index (χ2v) is 3.38. The third-order valence-electron chi connectivity index (χ3n) is 0.800. The second kappa shape index (κ2) is 4.09. The van der Waals surface area contributed by atoms with Crippen molar-refractivity contribution < 1.29 is 14.3 Å². The fourth-order valence-electron chi connectivity index (χ4n) is 0.492. The molecule has 0 aromatic heterocycles. The molecule has 0 saturated heterocycles. The second-order valence-electron chi connectivity index (χ2n) is 3.38. The minimum absolute atomic E-state index is 0.291. The Morgan fingerprint density at radius 1 is 1.33 bits per heavy atom. The van der Waals surface area contributed by atoms with Gasteiger partial charge in [0.05, 0.1) is 0 Å². The lowest BCUT2D eigenvalue weighted by Crippen LogP contribution is -2.29. The number of amides is 1. The Labute approximate surface area is 72.3 Å². The van der Waals surface area contributed by atoms with Crippen LogP contribution in [0.15, 0.2) is 0 Å². The molecular formula is C8H14NO3. The normalized spacial score (nSPS) is 10.7. The van der Waals surface area contributed by atoms with Crippen LogP contribution in [0.1, 0.15) is 27.7 Å². The van der Waals surface area contributed by atoms with Gasteiger partial charge < -0.3 is 10.1 Å². The van der Waals surface area contributed by atoms with E-state index in [1.54, 1.807) is 20.8 Å². The lowest BCUT2D eigenvalue weighted by molar-refractivity contribution is -0.151. The summed E-state index contributed by atoms with van der Waals surface area (Å²) in [5.41, 5.74) is -0.522. The molecule has 0 aromatic rings. The largest absolute Gasteiger partial charge is 0.458 e. The number of nitrogens with one attached hydrogen (secondary N) is 1. The molecule has 0 aromatic carbocycles. The van der Waals surface area contributed by atoms with Crippen LogP contribution < -0.4 is 5.32 Å². The summed E-state index contributed by atoms with van der Waals surface area (Å²) < 4.78 is 4.88. The Morgan fingerprint density at radius 3 is 2.17 bits per heavy atom. The third kappa shape index (κ3) is 7.05. The molecule has 0 rings (SSSR count). The van der Waals surface area contributed by atoms with Crippen LogP contribution in [0.5, 0.6) is 0 Å². The number of ether oxygens (including phenoxy) is 1. The Bertz CT molecular complexity index is 181. The van der Waals surface area contributed by atoms with Gasteiger partial charge in [-0.05, 0) is 20.8 Å². The Hall–Kier alpha value is -1.06. The van der Waals surface area contributed by atoms with E-state index in [2.05, 4.69) is 5.32 Å². The maximum atomic E-state index is 10.9. The molecule has 69 valence electrons. The molecule has 0 atom stereocenters. The van der Waals surface area contributed by atoms with Gasteiger partial charge in [-0.3, -0.25) is 4.79 Å². The van der Waals surface area contributed by atoms with Crippen LogP contribution in [0, 0.1) is 6.54 Å². The monoisotopic (exact) mass is 172 g/mol. The summed E-state index contributed by atoms with van der Waals surface area (Å²) in [6.07, 6.45) is 0. The zero-order valence-electron chi connectivity index (χ0n) is 7.80. The number of hydrogen-bond donors (Lipinski definition) is 1. The molecule has 4 heteroatoms. The summed E-state index contributed by atoms with van der Waals surface area (Å²) in [6, 6.07) is 0. The molecule has 0 spiro atoms. The van der Waals surface area contributed by atoms with E-state index in [1.807, 2.05) is 0 Å². The van der Waals surface area contributed by atoms with E-state index < -0.39 is 11.6 Å². The molecule has 1 amide bonds. The fourth-order valence-corrected chi connectivity index (χ4v) is 0.492. The van der Waals surface area contributed by atoms with Gasteiger partial charge >= 0.3 is 5.97 Å². The highest BCUT2D eigenvalue weighted by Crippen LogP contribution is 2.06. The van der Waals surface area contributed by atoms with Crippen LogP contribution in [0.4, 0.5) is 0 Å². The molecule has 0 aliphatic heterocycles. The van der Waals surface area contributed by atoms with Crippen molar-refractivity contribution in [3.63, 3.8) is 0 Å². The quantitative estimate of drug-likeness (QED) is 0.621. The molecule has 0 heterocycles. The minimum atomic E-state index is -0.544. The summed E-state index contributed by atoms with van der Waals surface area (Å²) in [6.45, 7) is 7.60. The van der Waals surface area contributed by atoms with Gasteiger partial charge in [-0.25, -0.2) is 4.79 Å². The van der Waals surface area contributed by atoms with E-state index in [4.69, 9.17) is 4.74 Å². The summed E-state index contributed by atoms with van der Waals surface area (Å²) >= 11 is 0. The van der Waals surface area contributed by atoms with Gasteiger partial charge in [-0.2, -0.15) is 0 Å². The zero-order valence-corrected chi connectivity index (χ0v) is 7.80. The summed E-state index contributed by atoms with van der Waals surface area (Å²) in [5, 5.41) is 2.23. The molecule has 0 saturated carbocycles. The van der Waals surface area contributed by atoms with Crippen molar-refractivity contribution in [2.24, 2.45) is 0 Å². The van der Waals surface area contributed by atoms with Crippen LogP contribution in [0.2, 0.25) is 0 Å². The maximum absolute atomic E-state index is 10.9. The van der Waals surface area contributed by atoms with E-state index in [0.717, 1.165) is 6.54 Å². The number of carbonyl (C=O) groups is 2. The number of hydrogen-bond acceptors (Lipinski definition) is 3. The van der Waals surface area contributed by atoms with Crippen LogP contribution in [-0.4, -0.2) is 17.5 Å². The average Bonchev–Trinajstić information content (AvgIpc) is 1.79. The van der Waals surface area contributed by atoms with Crippen LogP contribution in [-0.2, 0) is 14.3 Å². The van der Waals surface area contributed by atoms with Crippen molar-refractivity contribution in [1.29, 1.82) is 0 Å². The average molecular weight is 172 g/mol. The SMILES string of the molecule is CC(=O)N[CH]C(=O)OC(C)(C)C. The Balaban J connectivity index is 3.68. The smallest absolute Gasteiger partial charge is 0.331 e. The highest BCUT2D eigenvalue weighted by Gasteiger charge is 2.16. The molecule has 12 heavy (non-hydrogen) atoms. The first-order chi connectivity index (χ1) is 5.31. The van der Waals surface area contributed by atoms with Crippen molar-refractivity contribution in [3.8, 4) is 0 Å². The minimum Gasteiger partial charge on any atom is -0.458 e. The lowest BCUT2D eigenvalue weighted by atomic mass is 10.2. The van der Waals surface area contributed by atoms with Crippen LogP contribution >= 0.6 is 0 Å². The van der Waals surface area contributed by atoms with Gasteiger partial charge in [0.2, 0.25) is 5.91 Å². The van der Waals surface area contributed by atoms with E-state index in [9.17, 15) is 9.59 Å². The molecule has 1 N–H and O–H groups in total. The van der Waals surface area contributed by atoms with Crippen molar-refractivity contribution in [2.45, 2.75) is 33.3 Å². The zero-order chi connectivity index (χ0) is 9.78. The third-order valence-corrected chi connectivity index (χ3v) is 0.800. The van der Waals surface area contributed by atoms with Gasteiger partial charge in [-0.1, -0.05) is 0 Å². The fraction of sp³-hybridized carbons (Fsp3) is 0.625. The van der Waals surface area contributed by atoms with Gasteiger partial charge in [0.1, 0.15) is 5.60 Å². The molecule has 0 aliphatic rings. The molecular weight excluding hydrogens is 158 g/mol. The summed E-state index contributed by atoms with van der Waals surface area (Å²) in [7, 11) is 0. The van der Waals surface area contributed by atoms with Gasteiger partial charge in [-0.15, -0.1) is 0 Å². The first-order valence-electron chi connectivity index (χ1n) is 3.64. The lowest BCUT2D eigenvalue weighted by Gasteiger charge is -2.19. The van der Waals surface area contributed by atoms with Gasteiger partial charge in [0.15, 0.2) is 6.54 Å². The number of rotatable bonds is 2. The highest BCUT2D eigenvalue weighted by molar-refractivity contribution is 5.85. The van der Waals surface area contributed by atoms with Crippen molar-refractivity contribution >= 4 is 11.9 Å². The molecule has 1 radical (unpaired) electrons. The van der Waals surface area contributed by atoms with E-state index in [-0.39, 0.29) is 5.91 Å². The van der Waals surface area contributed by atoms with Crippen molar-refractivity contribution in [1.82, 2.24) is 5.32 Å². The summed E-state index contributed by atoms with van der Waals surface area (Å²) in [5.74, 6) is -0.835. The number of esters is 1. The first kappa shape index (κ1) is 10.9. The van der Waals surface area contributed by atoms with Crippen molar-refractivity contribution in [2.75, 3.05) is 0 Å². The molecule has 0 unspecified atom stereocenters. The Kier molecular flexibility index (Phi) is 3.73. The molecule has 4 nitrogen and oxygen atoms in total. The molecule has 0 bridgehead atoms. The Morgan fingerprint density at radius 2 is 1.83 bits per heavy atom. The standard InChI is InChI=1S/C8H14NO3/c1-6(10)9-5-7(11)12-8(2,3)4/h5H,1-4H3,(H,9,10). The highest BCUT2D eigenvalue weighted by atomic mass is 16.6. The van der Waals surface area contributed by atoms with Crippen LogP contribution in [0.3, 0.4) is 0 Å². The molecule has 0 fully saturated rings. The van der Waals surface area contributed by atoms with Gasteiger partial charge in [0, 0.05) is 6.92 Å². The van der Waals surface area contributed by atoms with E-state index in [1.165, 1.54) is 6.92 Å². The van der Waals surface area contributed by atoms with Crippen LogP contribution in [0.25, 0.3) is 0 Å². The molecule has 0 aliphatic carbocycles. The predicted octanol–water partition coefficient (Wildman–Crippen LogP) is 0.626. The first-order valence-corrected chi connectivity index (χ1v) is 3.64. The number of carbonyl (C=O) groups excluding carboxylic acids is 2. The topological polar surface area (TPSA) is 55.4 Å². The predicted molar refractivity (Wildman–Crippen MR) is 44.0 cm³/mol. The van der Waals surface area contributed by atoms with Crippen molar-refractivity contribution in [3.05, 3.63) is 6.54 Å².